The van der Waals surface area contributed by atoms with E-state index in [4.69, 9.17) is 20.8 Å². The number of oxazole rings is 1. The number of aromatic nitrogens is 1. The van der Waals surface area contributed by atoms with Gasteiger partial charge in [0.25, 0.3) is 5.91 Å². The molecule has 7 heteroatoms. The smallest absolute Gasteiger partial charge is 0.253 e. The Kier molecular flexibility index (Phi) is 4.43. The van der Waals surface area contributed by atoms with Crippen LogP contribution in [0.25, 0.3) is 11.1 Å². The van der Waals surface area contributed by atoms with Gasteiger partial charge in [0.15, 0.2) is 11.5 Å². The Bertz CT molecular complexity index is 734. The van der Waals surface area contributed by atoms with Crippen LogP contribution in [-0.4, -0.2) is 54.7 Å². The molecular weight excluding hydrogens is 330 g/mol. The molecule has 0 radical (unpaired) electrons. The Morgan fingerprint density at radius 2 is 2.17 bits per heavy atom. The highest BCUT2D eigenvalue weighted by Gasteiger charge is 2.31. The van der Waals surface area contributed by atoms with Crippen LogP contribution in [0.1, 0.15) is 24.7 Å². The highest BCUT2D eigenvalue weighted by Crippen LogP contribution is 2.31. The summed E-state index contributed by atoms with van der Waals surface area (Å²) in [6, 6.07) is 5.47. The van der Waals surface area contributed by atoms with Crippen molar-refractivity contribution in [2.45, 2.75) is 24.9 Å². The number of hydrogen-bond donors (Lipinski definition) is 1. The lowest BCUT2D eigenvalue weighted by atomic mass is 9.96. The van der Waals surface area contributed by atoms with Gasteiger partial charge in [-0.25, -0.2) is 4.98 Å². The number of fused-ring (bicyclic) bond motifs is 1. The van der Waals surface area contributed by atoms with E-state index in [1.165, 1.54) is 0 Å². The monoisotopic (exact) mass is 349 g/mol. The number of carbonyl (C=O) groups excluding carboxylic acids is 1. The minimum atomic E-state index is -0.346. The first-order valence-corrected chi connectivity index (χ1v) is 8.75. The summed E-state index contributed by atoms with van der Waals surface area (Å²) in [7, 11) is 0. The first-order chi connectivity index (χ1) is 11.7. The third-order valence-electron chi connectivity index (χ3n) is 4.73. The van der Waals surface area contributed by atoms with Gasteiger partial charge in [-0.15, -0.1) is 0 Å². The number of halogens is 1. The van der Waals surface area contributed by atoms with Gasteiger partial charge < -0.3 is 19.4 Å². The number of carbonyl (C=O) groups is 1. The first-order valence-electron chi connectivity index (χ1n) is 8.38. The van der Waals surface area contributed by atoms with Crippen LogP contribution in [0.15, 0.2) is 22.6 Å². The molecule has 1 N–H and O–H groups in total. The standard InChI is InChI=1S/C17H20ClN3O3/c18-12-1-2-14-13(9-12)20-16(24-14)11-3-6-21(7-4-11)17(22)15-10-19-5-8-23-15/h1-2,9,11,15,19H,3-8,10H2. The second-order valence-electron chi connectivity index (χ2n) is 6.33. The van der Waals surface area contributed by atoms with Gasteiger partial charge in [-0.2, -0.15) is 0 Å². The van der Waals surface area contributed by atoms with Gasteiger partial charge in [-0.3, -0.25) is 4.79 Å². The van der Waals surface area contributed by atoms with Crippen molar-refractivity contribution >= 4 is 28.6 Å². The number of rotatable bonds is 2. The molecule has 1 atom stereocenters. The third-order valence-corrected chi connectivity index (χ3v) is 4.96. The second-order valence-corrected chi connectivity index (χ2v) is 6.76. The summed E-state index contributed by atoms with van der Waals surface area (Å²) in [6.07, 6.45) is 1.36. The molecule has 0 bridgehead atoms. The molecule has 0 saturated carbocycles. The molecule has 2 fully saturated rings. The Balaban J connectivity index is 1.40. The van der Waals surface area contributed by atoms with E-state index in [0.717, 1.165) is 36.4 Å². The molecule has 2 aliphatic rings. The maximum absolute atomic E-state index is 12.5. The van der Waals surface area contributed by atoms with Crippen LogP contribution in [0.5, 0.6) is 0 Å². The number of benzene rings is 1. The maximum Gasteiger partial charge on any atom is 0.253 e. The van der Waals surface area contributed by atoms with Gasteiger partial charge >= 0.3 is 0 Å². The zero-order valence-electron chi connectivity index (χ0n) is 13.3. The highest BCUT2D eigenvalue weighted by molar-refractivity contribution is 6.31. The molecule has 24 heavy (non-hydrogen) atoms. The van der Waals surface area contributed by atoms with Crippen LogP contribution >= 0.6 is 11.6 Å². The van der Waals surface area contributed by atoms with E-state index in [1.807, 2.05) is 17.0 Å². The number of ether oxygens (including phenoxy) is 1. The van der Waals surface area contributed by atoms with Gasteiger partial charge in [-0.05, 0) is 31.0 Å². The number of nitrogens with zero attached hydrogens (tertiary/aromatic N) is 2. The molecule has 1 amide bonds. The highest BCUT2D eigenvalue weighted by atomic mass is 35.5. The van der Waals surface area contributed by atoms with Gasteiger partial charge in [-0.1, -0.05) is 11.6 Å². The fraction of sp³-hybridized carbons (Fsp3) is 0.529. The molecule has 2 aliphatic heterocycles. The third kappa shape index (κ3) is 3.14. The lowest BCUT2D eigenvalue weighted by Crippen LogP contribution is -2.51. The molecule has 2 aromatic rings. The summed E-state index contributed by atoms with van der Waals surface area (Å²) >= 11 is 6.00. The van der Waals surface area contributed by atoms with Crippen molar-refractivity contribution in [2.24, 2.45) is 0 Å². The van der Waals surface area contributed by atoms with Gasteiger partial charge in [0, 0.05) is 37.1 Å². The predicted molar refractivity (Wildman–Crippen MR) is 90.2 cm³/mol. The number of hydrogen-bond acceptors (Lipinski definition) is 5. The molecule has 6 nitrogen and oxygen atoms in total. The molecule has 0 spiro atoms. The number of piperidine rings is 1. The van der Waals surface area contributed by atoms with Crippen molar-refractivity contribution < 1.29 is 13.9 Å². The fourth-order valence-corrected chi connectivity index (χ4v) is 3.53. The Morgan fingerprint density at radius 3 is 2.92 bits per heavy atom. The van der Waals surface area contributed by atoms with E-state index in [2.05, 4.69) is 10.3 Å². The number of nitrogens with one attached hydrogen (secondary N) is 1. The zero-order chi connectivity index (χ0) is 16.5. The van der Waals surface area contributed by atoms with E-state index in [9.17, 15) is 4.79 Å². The minimum Gasteiger partial charge on any atom is -0.440 e. The van der Waals surface area contributed by atoms with Crippen LogP contribution in [0.4, 0.5) is 0 Å². The quantitative estimate of drug-likeness (QED) is 0.900. The van der Waals surface area contributed by atoms with E-state index in [-0.39, 0.29) is 17.9 Å². The molecule has 1 unspecified atom stereocenters. The van der Waals surface area contributed by atoms with Crippen molar-refractivity contribution in [1.29, 1.82) is 0 Å². The Morgan fingerprint density at radius 1 is 1.33 bits per heavy atom. The summed E-state index contributed by atoms with van der Waals surface area (Å²) in [5.74, 6) is 1.07. The van der Waals surface area contributed by atoms with Gasteiger partial charge in [0.05, 0.1) is 6.61 Å². The normalized spacial score (nSPS) is 22.9. The number of likely N-dealkylation sites (tertiary alicyclic amines) is 1. The summed E-state index contributed by atoms with van der Waals surface area (Å²) in [6.45, 7) is 3.43. The van der Waals surface area contributed by atoms with Gasteiger partial charge in [0.1, 0.15) is 11.6 Å². The second kappa shape index (κ2) is 6.70. The average molecular weight is 350 g/mol. The van der Waals surface area contributed by atoms with E-state index < -0.39 is 0 Å². The first kappa shape index (κ1) is 15.9. The lowest BCUT2D eigenvalue weighted by Gasteiger charge is -2.34. The molecule has 3 heterocycles. The van der Waals surface area contributed by atoms with Crippen molar-refractivity contribution in [3.05, 3.63) is 29.1 Å². The Labute approximate surface area is 145 Å². The molecule has 0 aliphatic carbocycles. The molecule has 2 saturated heterocycles. The van der Waals surface area contributed by atoms with Crippen molar-refractivity contribution in [1.82, 2.24) is 15.2 Å². The van der Waals surface area contributed by atoms with Crippen LogP contribution in [0.2, 0.25) is 5.02 Å². The number of morpholine rings is 1. The van der Waals surface area contributed by atoms with Crippen molar-refractivity contribution in [3.63, 3.8) is 0 Å². The predicted octanol–water partition coefficient (Wildman–Crippen LogP) is 2.18. The van der Waals surface area contributed by atoms with Crippen LogP contribution in [0.3, 0.4) is 0 Å². The van der Waals surface area contributed by atoms with E-state index in [0.29, 0.717) is 31.3 Å². The molecule has 1 aromatic heterocycles. The largest absolute Gasteiger partial charge is 0.440 e. The van der Waals surface area contributed by atoms with E-state index in [1.54, 1.807) is 6.07 Å². The van der Waals surface area contributed by atoms with Crippen LogP contribution < -0.4 is 5.32 Å². The summed E-state index contributed by atoms with van der Waals surface area (Å²) < 4.78 is 11.4. The minimum absolute atomic E-state index is 0.0880. The van der Waals surface area contributed by atoms with Crippen LogP contribution in [-0.2, 0) is 9.53 Å². The zero-order valence-corrected chi connectivity index (χ0v) is 14.1. The van der Waals surface area contributed by atoms with Gasteiger partial charge in [0.2, 0.25) is 0 Å². The van der Waals surface area contributed by atoms with E-state index >= 15 is 0 Å². The lowest BCUT2D eigenvalue weighted by molar-refractivity contribution is -0.146. The van der Waals surface area contributed by atoms with Crippen LogP contribution in [0, 0.1) is 0 Å². The topological polar surface area (TPSA) is 67.6 Å². The molecule has 4 rings (SSSR count). The maximum atomic E-state index is 12.5. The SMILES string of the molecule is O=C(C1CNCCO1)N1CCC(c2nc3cc(Cl)ccc3o2)CC1. The Hall–Kier alpha value is -1.63. The summed E-state index contributed by atoms with van der Waals surface area (Å²) in [5.41, 5.74) is 1.55. The fourth-order valence-electron chi connectivity index (χ4n) is 3.37. The molecular formula is C17H20ClN3O3. The summed E-state index contributed by atoms with van der Waals surface area (Å²) in [4.78, 5) is 18.9. The van der Waals surface area contributed by atoms with Crippen molar-refractivity contribution in [3.8, 4) is 0 Å². The molecule has 1 aromatic carbocycles. The average Bonchev–Trinajstić information content (AvgIpc) is 3.05. The van der Waals surface area contributed by atoms with Crippen molar-refractivity contribution in [2.75, 3.05) is 32.8 Å². The number of amides is 1. The summed E-state index contributed by atoms with van der Waals surface area (Å²) in [5, 5.41) is 3.86. The molecule has 128 valence electrons.